The Bertz CT molecular complexity index is 632. The molecular weight excluding hydrogens is 368 g/mol. The minimum atomic E-state index is -3.16. The lowest BCUT2D eigenvalue weighted by molar-refractivity contribution is -0.139. The maximum absolute atomic E-state index is 12.7. The molecule has 0 saturated carbocycles. The van der Waals surface area contributed by atoms with E-state index in [4.69, 9.17) is 0 Å². The molecule has 0 bridgehead atoms. The van der Waals surface area contributed by atoms with Gasteiger partial charge in [0, 0.05) is 58.3 Å². The summed E-state index contributed by atoms with van der Waals surface area (Å²) < 4.78 is 24.7. The predicted octanol–water partition coefficient (Wildman–Crippen LogP) is -0.185. The zero-order valence-electron chi connectivity index (χ0n) is 16.3. The zero-order chi connectivity index (χ0) is 19.4. The molecule has 3 fully saturated rings. The van der Waals surface area contributed by atoms with Crippen LogP contribution in [0.15, 0.2) is 0 Å². The Kier molecular flexibility index (Phi) is 6.75. The highest BCUT2D eigenvalue weighted by Crippen LogP contribution is 2.22. The van der Waals surface area contributed by atoms with Crippen LogP contribution >= 0.6 is 0 Å². The van der Waals surface area contributed by atoms with E-state index in [1.807, 2.05) is 9.80 Å². The molecule has 0 N–H and O–H groups in total. The van der Waals surface area contributed by atoms with Crippen LogP contribution < -0.4 is 0 Å². The van der Waals surface area contributed by atoms with Crippen molar-refractivity contribution in [2.75, 3.05) is 65.2 Å². The Morgan fingerprint density at radius 3 is 1.96 bits per heavy atom. The van der Waals surface area contributed by atoms with Gasteiger partial charge in [-0.3, -0.25) is 14.5 Å². The standard InChI is InChI=1S/C18H32N4O4S/c1-27(25,26)22-9-5-16(6-10-22)18(24)21-13-11-19(12-14-21)15-17(23)20-7-3-2-4-8-20/h16H,2-15H2,1H3. The lowest BCUT2D eigenvalue weighted by Crippen LogP contribution is -2.53. The monoisotopic (exact) mass is 400 g/mol. The van der Waals surface area contributed by atoms with Crippen LogP contribution in [0.3, 0.4) is 0 Å². The van der Waals surface area contributed by atoms with E-state index < -0.39 is 10.0 Å². The van der Waals surface area contributed by atoms with E-state index in [2.05, 4.69) is 4.90 Å². The number of sulfonamides is 1. The second-order valence-electron chi connectivity index (χ2n) is 7.98. The van der Waals surface area contributed by atoms with E-state index in [0.29, 0.717) is 45.6 Å². The number of hydrogen-bond donors (Lipinski definition) is 0. The molecule has 2 amide bonds. The molecule has 0 atom stereocenters. The third kappa shape index (κ3) is 5.42. The van der Waals surface area contributed by atoms with Crippen LogP contribution in [-0.2, 0) is 19.6 Å². The fourth-order valence-corrected chi connectivity index (χ4v) is 5.13. The predicted molar refractivity (Wildman–Crippen MR) is 103 cm³/mol. The van der Waals surface area contributed by atoms with Crippen LogP contribution in [0.1, 0.15) is 32.1 Å². The largest absolute Gasteiger partial charge is 0.342 e. The van der Waals surface area contributed by atoms with E-state index >= 15 is 0 Å². The molecule has 8 nitrogen and oxygen atoms in total. The van der Waals surface area contributed by atoms with Crippen molar-refractivity contribution in [1.29, 1.82) is 0 Å². The number of piperidine rings is 2. The van der Waals surface area contributed by atoms with Crippen LogP contribution in [0.25, 0.3) is 0 Å². The van der Waals surface area contributed by atoms with E-state index in [9.17, 15) is 18.0 Å². The number of likely N-dealkylation sites (tertiary alicyclic amines) is 1. The van der Waals surface area contributed by atoms with E-state index in [1.54, 1.807) is 0 Å². The van der Waals surface area contributed by atoms with Gasteiger partial charge in [0.25, 0.3) is 0 Å². The summed E-state index contributed by atoms with van der Waals surface area (Å²) in [6.45, 7) is 5.83. The molecule has 0 aliphatic carbocycles. The summed E-state index contributed by atoms with van der Waals surface area (Å²) in [5.74, 6) is 0.275. The van der Waals surface area contributed by atoms with Crippen LogP contribution in [0, 0.1) is 5.92 Å². The van der Waals surface area contributed by atoms with Gasteiger partial charge < -0.3 is 9.80 Å². The summed E-state index contributed by atoms with van der Waals surface area (Å²) in [6, 6.07) is 0. The molecule has 3 aliphatic rings. The molecular formula is C18H32N4O4S. The highest BCUT2D eigenvalue weighted by molar-refractivity contribution is 7.88. The maximum atomic E-state index is 12.7. The smallest absolute Gasteiger partial charge is 0.236 e. The number of rotatable bonds is 4. The molecule has 9 heteroatoms. The fraction of sp³-hybridized carbons (Fsp3) is 0.889. The van der Waals surface area contributed by atoms with Crippen molar-refractivity contribution >= 4 is 21.8 Å². The highest BCUT2D eigenvalue weighted by Gasteiger charge is 2.33. The van der Waals surface area contributed by atoms with E-state index in [-0.39, 0.29) is 17.7 Å². The molecule has 27 heavy (non-hydrogen) atoms. The molecule has 0 unspecified atom stereocenters. The summed E-state index contributed by atoms with van der Waals surface area (Å²) in [5, 5.41) is 0. The SMILES string of the molecule is CS(=O)(=O)N1CCC(C(=O)N2CCN(CC(=O)N3CCCCC3)CC2)CC1. The van der Waals surface area contributed by atoms with Gasteiger partial charge in [0.15, 0.2) is 0 Å². The number of hydrogen-bond acceptors (Lipinski definition) is 5. The van der Waals surface area contributed by atoms with Crippen LogP contribution in [0.4, 0.5) is 0 Å². The Morgan fingerprint density at radius 1 is 0.815 bits per heavy atom. The highest BCUT2D eigenvalue weighted by atomic mass is 32.2. The van der Waals surface area contributed by atoms with Crippen molar-refractivity contribution in [3.63, 3.8) is 0 Å². The van der Waals surface area contributed by atoms with Gasteiger partial charge in [0.05, 0.1) is 12.8 Å². The summed E-state index contributed by atoms with van der Waals surface area (Å²) in [6.07, 6.45) is 5.84. The molecule has 3 rings (SSSR count). The lowest BCUT2D eigenvalue weighted by atomic mass is 9.96. The maximum Gasteiger partial charge on any atom is 0.236 e. The number of piperazine rings is 1. The van der Waals surface area contributed by atoms with Crippen LogP contribution in [-0.4, -0.2) is 104 Å². The first-order valence-corrected chi connectivity index (χ1v) is 11.9. The molecule has 0 aromatic rings. The number of nitrogens with zero attached hydrogens (tertiary/aromatic N) is 4. The van der Waals surface area contributed by atoms with Gasteiger partial charge in [-0.05, 0) is 32.1 Å². The summed E-state index contributed by atoms with van der Waals surface area (Å²) in [4.78, 5) is 31.1. The summed E-state index contributed by atoms with van der Waals surface area (Å²) in [5.41, 5.74) is 0. The Hall–Kier alpha value is -1.19. The number of carbonyl (C=O) groups excluding carboxylic acids is 2. The normalized spacial score (nSPS) is 24.2. The number of carbonyl (C=O) groups is 2. The van der Waals surface area contributed by atoms with Crippen LogP contribution in [0.5, 0.6) is 0 Å². The third-order valence-corrected chi connectivity index (χ3v) is 7.33. The third-order valence-electron chi connectivity index (χ3n) is 6.02. The molecule has 0 radical (unpaired) electrons. The van der Waals surface area contributed by atoms with Gasteiger partial charge in [-0.2, -0.15) is 0 Å². The van der Waals surface area contributed by atoms with Gasteiger partial charge in [0.2, 0.25) is 21.8 Å². The summed E-state index contributed by atoms with van der Waals surface area (Å²) in [7, 11) is -3.16. The Balaban J connectivity index is 1.41. The van der Waals surface area contributed by atoms with Crippen molar-refractivity contribution in [2.45, 2.75) is 32.1 Å². The molecule has 0 aromatic heterocycles. The first-order valence-electron chi connectivity index (χ1n) is 10.1. The van der Waals surface area contributed by atoms with Crippen molar-refractivity contribution in [1.82, 2.24) is 19.0 Å². The average Bonchev–Trinajstić information content (AvgIpc) is 2.68. The second kappa shape index (κ2) is 8.87. The van der Waals surface area contributed by atoms with Crippen molar-refractivity contribution in [3.8, 4) is 0 Å². The van der Waals surface area contributed by atoms with Crippen molar-refractivity contribution in [2.24, 2.45) is 5.92 Å². The van der Waals surface area contributed by atoms with Crippen LogP contribution in [0.2, 0.25) is 0 Å². The van der Waals surface area contributed by atoms with Gasteiger partial charge in [0.1, 0.15) is 0 Å². The molecule has 154 valence electrons. The van der Waals surface area contributed by atoms with E-state index in [0.717, 1.165) is 39.0 Å². The second-order valence-corrected chi connectivity index (χ2v) is 9.96. The van der Waals surface area contributed by atoms with Crippen molar-refractivity contribution in [3.05, 3.63) is 0 Å². The number of amides is 2. The molecule has 3 heterocycles. The van der Waals surface area contributed by atoms with Gasteiger partial charge in [-0.25, -0.2) is 12.7 Å². The van der Waals surface area contributed by atoms with E-state index in [1.165, 1.54) is 17.0 Å². The fourth-order valence-electron chi connectivity index (χ4n) is 4.25. The quantitative estimate of drug-likeness (QED) is 0.654. The lowest BCUT2D eigenvalue weighted by Gasteiger charge is -2.38. The topological polar surface area (TPSA) is 81.2 Å². The molecule has 0 spiro atoms. The van der Waals surface area contributed by atoms with Gasteiger partial charge in [-0.1, -0.05) is 0 Å². The molecule has 3 aliphatic heterocycles. The van der Waals surface area contributed by atoms with Gasteiger partial charge in [-0.15, -0.1) is 0 Å². The Labute approximate surface area is 162 Å². The minimum absolute atomic E-state index is 0.0791. The average molecular weight is 401 g/mol. The summed E-state index contributed by atoms with van der Waals surface area (Å²) >= 11 is 0. The zero-order valence-corrected chi connectivity index (χ0v) is 17.1. The first kappa shape index (κ1) is 20.5. The molecule has 3 saturated heterocycles. The first-order chi connectivity index (χ1) is 12.8. The Morgan fingerprint density at radius 2 is 1.41 bits per heavy atom. The molecule has 0 aromatic carbocycles. The van der Waals surface area contributed by atoms with Crippen molar-refractivity contribution < 1.29 is 18.0 Å². The van der Waals surface area contributed by atoms with Gasteiger partial charge >= 0.3 is 0 Å². The minimum Gasteiger partial charge on any atom is -0.342 e.